The van der Waals surface area contributed by atoms with Crippen molar-refractivity contribution in [2.45, 2.75) is 163 Å². The molecule has 0 aromatic heterocycles. The Bertz CT molecular complexity index is 447. The molecule has 0 aliphatic heterocycles. The van der Waals surface area contributed by atoms with Gasteiger partial charge in [0.15, 0.2) is 0 Å². The Kier molecular flexibility index (Phi) is 25.8. The normalized spacial score (nSPS) is 12.3. The van der Waals surface area contributed by atoms with Crippen LogP contribution in [-0.2, 0) is 18.1 Å². The molecule has 0 spiro atoms. The van der Waals surface area contributed by atoms with E-state index >= 15 is 0 Å². The maximum atomic E-state index is 13.0. The van der Waals surface area contributed by atoms with Crippen LogP contribution < -0.4 is 0 Å². The average Bonchev–Trinajstić information content (AvgIpc) is 2.81. The molecular formula is C30H63O4P. The Morgan fingerprint density at radius 2 is 0.743 bits per heavy atom. The third-order valence-electron chi connectivity index (χ3n) is 6.60. The first-order valence-electron chi connectivity index (χ1n) is 15.4. The molecule has 0 fully saturated rings. The van der Waals surface area contributed by atoms with E-state index in [-0.39, 0.29) is 0 Å². The van der Waals surface area contributed by atoms with E-state index in [1.807, 2.05) is 0 Å². The minimum absolute atomic E-state index is 0.443. The zero-order chi connectivity index (χ0) is 26.0. The minimum atomic E-state index is -3.43. The molecule has 0 rings (SSSR count). The van der Waals surface area contributed by atoms with Crippen molar-refractivity contribution >= 4 is 7.82 Å². The molecule has 0 heterocycles. The summed E-state index contributed by atoms with van der Waals surface area (Å²) in [6.45, 7) is 12.4. The first kappa shape index (κ1) is 35.1. The molecule has 5 heteroatoms. The van der Waals surface area contributed by atoms with E-state index in [2.05, 4.69) is 34.6 Å². The van der Waals surface area contributed by atoms with E-state index < -0.39 is 7.82 Å². The molecule has 0 atom stereocenters. The summed E-state index contributed by atoms with van der Waals surface area (Å²) < 4.78 is 29.9. The van der Waals surface area contributed by atoms with E-state index in [9.17, 15) is 4.57 Å². The second-order valence-corrected chi connectivity index (χ2v) is 13.0. The zero-order valence-corrected chi connectivity index (χ0v) is 25.4. The van der Waals surface area contributed by atoms with E-state index in [0.717, 1.165) is 38.5 Å². The van der Waals surface area contributed by atoms with Gasteiger partial charge in [0.05, 0.1) is 19.8 Å². The van der Waals surface area contributed by atoms with Gasteiger partial charge < -0.3 is 0 Å². The molecule has 0 radical (unpaired) electrons. The van der Waals surface area contributed by atoms with Crippen LogP contribution in [-0.4, -0.2) is 19.8 Å². The van der Waals surface area contributed by atoms with Gasteiger partial charge in [-0.05, 0) is 43.9 Å². The molecule has 0 aliphatic carbocycles. The summed E-state index contributed by atoms with van der Waals surface area (Å²) in [6.07, 6.45) is 25.3. The molecule has 0 N–H and O–H groups in total. The van der Waals surface area contributed by atoms with E-state index in [1.165, 1.54) is 89.9 Å². The van der Waals surface area contributed by atoms with Crippen molar-refractivity contribution in [2.75, 3.05) is 19.8 Å². The van der Waals surface area contributed by atoms with Gasteiger partial charge in [-0.2, -0.15) is 0 Å². The van der Waals surface area contributed by atoms with Gasteiger partial charge >= 0.3 is 7.82 Å². The van der Waals surface area contributed by atoms with Crippen molar-refractivity contribution in [3.05, 3.63) is 0 Å². The maximum absolute atomic E-state index is 13.0. The maximum Gasteiger partial charge on any atom is 0.474 e. The SMILES string of the molecule is CCCCCCCCCCCCCCCCCCOP(=O)(OCCCC(C)C)OCCCC(C)C. The van der Waals surface area contributed by atoms with Gasteiger partial charge in [-0.15, -0.1) is 0 Å². The van der Waals surface area contributed by atoms with E-state index in [0.29, 0.717) is 31.7 Å². The quantitative estimate of drug-likeness (QED) is 0.0763. The van der Waals surface area contributed by atoms with Gasteiger partial charge in [-0.1, -0.05) is 131 Å². The number of unbranched alkanes of at least 4 members (excludes halogenated alkanes) is 15. The van der Waals surface area contributed by atoms with Crippen molar-refractivity contribution in [1.29, 1.82) is 0 Å². The van der Waals surface area contributed by atoms with Gasteiger partial charge in [-0.3, -0.25) is 13.6 Å². The van der Waals surface area contributed by atoms with Crippen LogP contribution in [0, 0.1) is 11.8 Å². The van der Waals surface area contributed by atoms with Crippen molar-refractivity contribution in [1.82, 2.24) is 0 Å². The number of phosphoric acid groups is 1. The van der Waals surface area contributed by atoms with Crippen LogP contribution in [0.3, 0.4) is 0 Å². The van der Waals surface area contributed by atoms with Crippen LogP contribution in [0.15, 0.2) is 0 Å². The monoisotopic (exact) mass is 518 g/mol. The smallest absolute Gasteiger partial charge is 0.287 e. The summed E-state index contributed by atoms with van der Waals surface area (Å²) in [6, 6.07) is 0. The molecule has 212 valence electrons. The van der Waals surface area contributed by atoms with Gasteiger partial charge in [-0.25, -0.2) is 4.57 Å². The lowest BCUT2D eigenvalue weighted by Gasteiger charge is -2.18. The Morgan fingerprint density at radius 3 is 1.06 bits per heavy atom. The standard InChI is InChI=1S/C30H63O4P/c1-6-7-8-9-10-11-12-13-14-15-16-17-18-19-20-21-26-32-35(31,33-27-22-24-29(2)3)34-28-23-25-30(4)5/h29-30H,6-28H2,1-5H3. The Morgan fingerprint density at radius 1 is 0.457 bits per heavy atom. The summed E-state index contributed by atoms with van der Waals surface area (Å²) in [5.74, 6) is 1.24. The van der Waals surface area contributed by atoms with Crippen molar-refractivity contribution < 1.29 is 18.1 Å². The molecule has 35 heavy (non-hydrogen) atoms. The van der Waals surface area contributed by atoms with Gasteiger partial charge in [0.25, 0.3) is 0 Å². The van der Waals surface area contributed by atoms with Crippen LogP contribution in [0.25, 0.3) is 0 Å². The van der Waals surface area contributed by atoms with Crippen LogP contribution in [0.5, 0.6) is 0 Å². The fourth-order valence-electron chi connectivity index (χ4n) is 4.27. The molecule has 0 saturated heterocycles. The summed E-state index contributed by atoms with van der Waals surface area (Å²) in [5, 5.41) is 0. The lowest BCUT2D eigenvalue weighted by molar-refractivity contribution is 0.107. The molecule has 0 aromatic rings. The first-order chi connectivity index (χ1) is 16.9. The summed E-state index contributed by atoms with van der Waals surface area (Å²) in [5.41, 5.74) is 0. The van der Waals surface area contributed by atoms with Crippen LogP contribution in [0.4, 0.5) is 0 Å². The number of rotatable bonds is 28. The molecule has 0 amide bonds. The average molecular weight is 519 g/mol. The Labute approximate surface area is 220 Å². The minimum Gasteiger partial charge on any atom is -0.287 e. The lowest BCUT2D eigenvalue weighted by atomic mass is 10.0. The first-order valence-corrected chi connectivity index (χ1v) is 16.9. The molecular weight excluding hydrogens is 455 g/mol. The lowest BCUT2D eigenvalue weighted by Crippen LogP contribution is -2.05. The van der Waals surface area contributed by atoms with Crippen molar-refractivity contribution in [3.63, 3.8) is 0 Å². The highest BCUT2D eigenvalue weighted by Gasteiger charge is 2.26. The van der Waals surface area contributed by atoms with Crippen LogP contribution in [0.2, 0.25) is 0 Å². The van der Waals surface area contributed by atoms with Crippen LogP contribution in [0.1, 0.15) is 163 Å². The number of phosphoric ester groups is 1. The highest BCUT2D eigenvalue weighted by Crippen LogP contribution is 2.50. The molecule has 0 bridgehead atoms. The van der Waals surface area contributed by atoms with Gasteiger partial charge in [0.2, 0.25) is 0 Å². The molecule has 0 aromatic carbocycles. The number of hydrogen-bond donors (Lipinski definition) is 0. The van der Waals surface area contributed by atoms with Gasteiger partial charge in [0.1, 0.15) is 0 Å². The second kappa shape index (κ2) is 25.7. The Balaban J connectivity index is 3.73. The van der Waals surface area contributed by atoms with Gasteiger partial charge in [0, 0.05) is 0 Å². The fraction of sp³-hybridized carbons (Fsp3) is 1.00. The largest absolute Gasteiger partial charge is 0.474 e. The third-order valence-corrected chi connectivity index (χ3v) is 8.09. The fourth-order valence-corrected chi connectivity index (χ4v) is 5.56. The summed E-state index contributed by atoms with van der Waals surface area (Å²) in [7, 11) is -3.43. The molecule has 0 aliphatic rings. The Hall–Kier alpha value is 0.110. The highest BCUT2D eigenvalue weighted by molar-refractivity contribution is 7.48. The van der Waals surface area contributed by atoms with E-state index in [4.69, 9.17) is 13.6 Å². The highest BCUT2D eigenvalue weighted by atomic mass is 31.2. The summed E-state index contributed by atoms with van der Waals surface area (Å²) >= 11 is 0. The number of hydrogen-bond acceptors (Lipinski definition) is 4. The van der Waals surface area contributed by atoms with E-state index in [1.54, 1.807) is 0 Å². The summed E-state index contributed by atoms with van der Waals surface area (Å²) in [4.78, 5) is 0. The second-order valence-electron chi connectivity index (χ2n) is 11.3. The predicted octanol–water partition coefficient (Wildman–Crippen LogP) is 11.3. The van der Waals surface area contributed by atoms with Crippen LogP contribution >= 0.6 is 7.82 Å². The molecule has 0 unspecified atom stereocenters. The van der Waals surface area contributed by atoms with Crippen molar-refractivity contribution in [2.24, 2.45) is 11.8 Å². The third kappa shape index (κ3) is 27.0. The molecule has 0 saturated carbocycles. The molecule has 4 nitrogen and oxygen atoms in total. The van der Waals surface area contributed by atoms with Crippen molar-refractivity contribution in [3.8, 4) is 0 Å². The topological polar surface area (TPSA) is 44.8 Å². The zero-order valence-electron chi connectivity index (χ0n) is 24.5. The predicted molar refractivity (Wildman–Crippen MR) is 153 cm³/mol.